The van der Waals surface area contributed by atoms with Crippen LogP contribution in [0.4, 0.5) is 5.69 Å². The number of hydrogen-bond acceptors (Lipinski definition) is 5. The fourth-order valence-corrected chi connectivity index (χ4v) is 5.07. The normalized spacial score (nSPS) is 15.6. The SMILES string of the molecule is CC(=O)N1c2ccc(S(=O)(=O)NCCn3cnc(-c4ccccc4)cc3=O)cc2CC1C. The minimum absolute atomic E-state index is 0.00774. The van der Waals surface area contributed by atoms with Crippen molar-refractivity contribution in [3.63, 3.8) is 0 Å². The molecule has 0 bridgehead atoms. The van der Waals surface area contributed by atoms with E-state index in [9.17, 15) is 18.0 Å². The summed E-state index contributed by atoms with van der Waals surface area (Å²) in [5, 5.41) is 0. The lowest BCUT2D eigenvalue weighted by Gasteiger charge is -2.20. The average molecular weight is 453 g/mol. The van der Waals surface area contributed by atoms with Crippen molar-refractivity contribution in [1.29, 1.82) is 0 Å². The van der Waals surface area contributed by atoms with Gasteiger partial charge in [-0.25, -0.2) is 18.1 Å². The van der Waals surface area contributed by atoms with E-state index in [1.807, 2.05) is 37.3 Å². The molecule has 0 spiro atoms. The first-order valence-corrected chi connectivity index (χ1v) is 11.8. The van der Waals surface area contributed by atoms with Crippen molar-refractivity contribution >= 4 is 21.6 Å². The summed E-state index contributed by atoms with van der Waals surface area (Å²) in [4.78, 5) is 30.4. The molecule has 1 aliphatic rings. The third-order valence-electron chi connectivity index (χ3n) is 5.51. The molecule has 1 atom stereocenters. The number of aromatic nitrogens is 2. The second-order valence-corrected chi connectivity index (χ2v) is 9.57. The molecule has 1 amide bonds. The third-order valence-corrected chi connectivity index (χ3v) is 6.97. The van der Waals surface area contributed by atoms with Crippen molar-refractivity contribution in [1.82, 2.24) is 14.3 Å². The smallest absolute Gasteiger partial charge is 0.253 e. The summed E-state index contributed by atoms with van der Waals surface area (Å²) in [7, 11) is -3.76. The van der Waals surface area contributed by atoms with Gasteiger partial charge in [-0.3, -0.25) is 14.2 Å². The highest BCUT2D eigenvalue weighted by molar-refractivity contribution is 7.89. The second-order valence-electron chi connectivity index (χ2n) is 7.80. The van der Waals surface area contributed by atoms with E-state index in [2.05, 4.69) is 9.71 Å². The molecular weight excluding hydrogens is 428 g/mol. The van der Waals surface area contributed by atoms with E-state index >= 15 is 0 Å². The van der Waals surface area contributed by atoms with E-state index in [0.717, 1.165) is 16.8 Å². The van der Waals surface area contributed by atoms with E-state index in [0.29, 0.717) is 12.1 Å². The van der Waals surface area contributed by atoms with Crippen LogP contribution in [0, 0.1) is 0 Å². The zero-order chi connectivity index (χ0) is 22.9. The molecule has 0 fully saturated rings. The van der Waals surface area contributed by atoms with Gasteiger partial charge >= 0.3 is 0 Å². The number of carbonyl (C=O) groups is 1. The number of nitrogens with one attached hydrogen (secondary N) is 1. The number of carbonyl (C=O) groups excluding carboxylic acids is 1. The van der Waals surface area contributed by atoms with E-state index in [1.54, 1.807) is 17.0 Å². The van der Waals surface area contributed by atoms with Gasteiger partial charge in [0.15, 0.2) is 0 Å². The van der Waals surface area contributed by atoms with Crippen LogP contribution >= 0.6 is 0 Å². The number of hydrogen-bond donors (Lipinski definition) is 1. The summed E-state index contributed by atoms with van der Waals surface area (Å²) in [5.74, 6) is -0.0673. The number of anilines is 1. The van der Waals surface area contributed by atoms with Crippen molar-refractivity contribution in [3.05, 3.63) is 76.8 Å². The summed E-state index contributed by atoms with van der Waals surface area (Å²) < 4.78 is 29.4. The molecule has 9 heteroatoms. The Morgan fingerprint density at radius 3 is 2.59 bits per heavy atom. The summed E-state index contributed by atoms with van der Waals surface area (Å²) in [6, 6.07) is 15.6. The van der Waals surface area contributed by atoms with Crippen LogP contribution in [-0.4, -0.2) is 36.5 Å². The van der Waals surface area contributed by atoms with E-state index in [4.69, 9.17) is 0 Å². The van der Waals surface area contributed by atoms with Crippen LogP contribution < -0.4 is 15.2 Å². The Kier molecular flexibility index (Phi) is 5.94. The largest absolute Gasteiger partial charge is 0.309 e. The fourth-order valence-electron chi connectivity index (χ4n) is 4.00. The fraction of sp³-hybridized carbons (Fsp3) is 0.261. The van der Waals surface area contributed by atoms with E-state index < -0.39 is 10.0 Å². The summed E-state index contributed by atoms with van der Waals surface area (Å²) in [6.45, 7) is 3.63. The number of sulfonamides is 1. The number of rotatable bonds is 6. The van der Waals surface area contributed by atoms with Gasteiger partial charge in [-0.2, -0.15) is 0 Å². The number of amides is 1. The van der Waals surface area contributed by atoms with Gasteiger partial charge < -0.3 is 4.90 Å². The Bertz CT molecular complexity index is 1320. The van der Waals surface area contributed by atoms with E-state index in [1.165, 1.54) is 30.0 Å². The van der Waals surface area contributed by atoms with Gasteiger partial charge in [0.1, 0.15) is 0 Å². The molecule has 0 saturated carbocycles. The summed E-state index contributed by atoms with van der Waals surface area (Å²) in [5.41, 5.74) is 2.73. The van der Waals surface area contributed by atoms with Crippen molar-refractivity contribution in [2.24, 2.45) is 0 Å². The van der Waals surface area contributed by atoms with Crippen LogP contribution in [0.15, 0.2) is 70.6 Å². The first kappa shape index (κ1) is 21.9. The number of nitrogens with zero attached hydrogens (tertiary/aromatic N) is 3. The molecule has 4 rings (SSSR count). The molecule has 1 unspecified atom stereocenters. The minimum atomic E-state index is -3.76. The highest BCUT2D eigenvalue weighted by atomic mass is 32.2. The lowest BCUT2D eigenvalue weighted by Crippen LogP contribution is -2.33. The van der Waals surface area contributed by atoms with Crippen LogP contribution in [-0.2, 0) is 27.8 Å². The van der Waals surface area contributed by atoms with Gasteiger partial charge in [-0.05, 0) is 37.1 Å². The van der Waals surface area contributed by atoms with Crippen LogP contribution in [0.2, 0.25) is 0 Å². The molecule has 1 N–H and O–H groups in total. The quantitative estimate of drug-likeness (QED) is 0.618. The van der Waals surface area contributed by atoms with E-state index in [-0.39, 0.29) is 35.5 Å². The van der Waals surface area contributed by atoms with Gasteiger partial charge in [0.25, 0.3) is 5.56 Å². The molecule has 0 aliphatic carbocycles. The number of fused-ring (bicyclic) bond motifs is 1. The third kappa shape index (κ3) is 4.35. The molecule has 2 aromatic carbocycles. The zero-order valence-electron chi connectivity index (χ0n) is 17.9. The van der Waals surface area contributed by atoms with Crippen molar-refractivity contribution in [2.75, 3.05) is 11.4 Å². The minimum Gasteiger partial charge on any atom is -0.309 e. The molecule has 1 aromatic heterocycles. The van der Waals surface area contributed by atoms with Crippen LogP contribution in [0.5, 0.6) is 0 Å². The van der Waals surface area contributed by atoms with Gasteiger partial charge in [-0.15, -0.1) is 0 Å². The maximum Gasteiger partial charge on any atom is 0.253 e. The maximum atomic E-state index is 12.7. The van der Waals surface area contributed by atoms with Crippen molar-refractivity contribution in [2.45, 2.75) is 37.8 Å². The summed E-state index contributed by atoms with van der Waals surface area (Å²) in [6.07, 6.45) is 2.03. The molecule has 2 heterocycles. The van der Waals surface area contributed by atoms with Crippen LogP contribution in [0.25, 0.3) is 11.3 Å². The van der Waals surface area contributed by atoms with Gasteiger partial charge in [0.05, 0.1) is 16.9 Å². The standard InChI is InChI=1S/C23H24N4O4S/c1-16-12-19-13-20(8-9-22(19)27(16)17(2)28)32(30,31)25-10-11-26-15-24-21(14-23(26)29)18-6-4-3-5-7-18/h3-9,13-16,25H,10-12H2,1-2H3. The lowest BCUT2D eigenvalue weighted by atomic mass is 10.1. The Labute approximate surface area is 186 Å². The van der Waals surface area contributed by atoms with Crippen LogP contribution in [0.3, 0.4) is 0 Å². The predicted molar refractivity (Wildman–Crippen MR) is 122 cm³/mol. The first-order valence-electron chi connectivity index (χ1n) is 10.3. The molecule has 1 aliphatic heterocycles. The first-order chi connectivity index (χ1) is 15.3. The highest BCUT2D eigenvalue weighted by Crippen LogP contribution is 2.33. The Balaban J connectivity index is 1.44. The lowest BCUT2D eigenvalue weighted by molar-refractivity contribution is -0.116. The average Bonchev–Trinajstić information content (AvgIpc) is 3.10. The number of benzene rings is 2. The second kappa shape index (κ2) is 8.68. The van der Waals surface area contributed by atoms with Gasteiger partial charge in [0, 0.05) is 43.4 Å². The molecule has 166 valence electrons. The molecule has 3 aromatic rings. The Morgan fingerprint density at radius 1 is 1.16 bits per heavy atom. The highest BCUT2D eigenvalue weighted by Gasteiger charge is 2.30. The van der Waals surface area contributed by atoms with Crippen molar-refractivity contribution < 1.29 is 13.2 Å². The topological polar surface area (TPSA) is 101 Å². The molecular formula is C23H24N4O4S. The Hall–Kier alpha value is -3.30. The molecule has 0 radical (unpaired) electrons. The Morgan fingerprint density at radius 2 is 1.91 bits per heavy atom. The van der Waals surface area contributed by atoms with Gasteiger partial charge in [0.2, 0.25) is 15.9 Å². The molecule has 32 heavy (non-hydrogen) atoms. The molecule has 8 nitrogen and oxygen atoms in total. The van der Waals surface area contributed by atoms with Gasteiger partial charge in [-0.1, -0.05) is 30.3 Å². The van der Waals surface area contributed by atoms with Crippen molar-refractivity contribution in [3.8, 4) is 11.3 Å². The van der Waals surface area contributed by atoms with Crippen LogP contribution in [0.1, 0.15) is 19.4 Å². The predicted octanol–water partition coefficient (Wildman–Crippen LogP) is 2.19. The summed E-state index contributed by atoms with van der Waals surface area (Å²) >= 11 is 0. The monoisotopic (exact) mass is 452 g/mol. The molecule has 0 saturated heterocycles. The maximum absolute atomic E-state index is 12.7. The zero-order valence-corrected chi connectivity index (χ0v) is 18.7.